The van der Waals surface area contributed by atoms with Gasteiger partial charge in [0.2, 0.25) is 0 Å². The SMILES string of the molecule is N#Cc1cccc(-c2ccc(Cn3cc(Cc4cc(N)nc(NN)c4N)cn3)cc2)c1. The van der Waals surface area contributed by atoms with E-state index in [0.717, 1.165) is 27.8 Å². The number of rotatable bonds is 6. The molecule has 2 aromatic carbocycles. The first-order chi connectivity index (χ1) is 15.1. The van der Waals surface area contributed by atoms with Gasteiger partial charge in [-0.05, 0) is 46.0 Å². The topological polar surface area (TPSA) is 145 Å². The molecule has 4 aromatic rings. The molecule has 0 bridgehead atoms. The maximum absolute atomic E-state index is 9.08. The molecule has 8 nitrogen and oxygen atoms in total. The highest BCUT2D eigenvalue weighted by Crippen LogP contribution is 2.25. The summed E-state index contributed by atoms with van der Waals surface area (Å²) in [4.78, 5) is 4.07. The molecular formula is C23H22N8. The average Bonchev–Trinajstić information content (AvgIpc) is 3.23. The average molecular weight is 410 g/mol. The molecule has 0 amide bonds. The monoisotopic (exact) mass is 410 g/mol. The number of hydrogen-bond donors (Lipinski definition) is 4. The Balaban J connectivity index is 1.47. The number of nitriles is 1. The highest BCUT2D eigenvalue weighted by atomic mass is 15.3. The zero-order valence-corrected chi connectivity index (χ0v) is 16.8. The van der Waals surface area contributed by atoms with Crippen molar-refractivity contribution < 1.29 is 0 Å². The van der Waals surface area contributed by atoms with Gasteiger partial charge in [-0.25, -0.2) is 10.8 Å². The largest absolute Gasteiger partial charge is 0.395 e. The number of nitrogens with two attached hydrogens (primary N) is 3. The first kappa shape index (κ1) is 19.9. The Kier molecular flexibility index (Phi) is 5.51. The molecule has 154 valence electrons. The number of hydrogen-bond acceptors (Lipinski definition) is 7. The van der Waals surface area contributed by atoms with Gasteiger partial charge in [-0.2, -0.15) is 10.4 Å². The zero-order chi connectivity index (χ0) is 21.8. The molecule has 31 heavy (non-hydrogen) atoms. The summed E-state index contributed by atoms with van der Waals surface area (Å²) in [7, 11) is 0. The lowest BCUT2D eigenvalue weighted by Crippen LogP contribution is -2.13. The van der Waals surface area contributed by atoms with Crippen LogP contribution in [0.4, 0.5) is 17.3 Å². The minimum Gasteiger partial charge on any atom is -0.395 e. The first-order valence-corrected chi connectivity index (χ1v) is 9.68. The summed E-state index contributed by atoms with van der Waals surface area (Å²) >= 11 is 0. The molecule has 4 rings (SSSR count). The highest BCUT2D eigenvalue weighted by Gasteiger charge is 2.10. The summed E-state index contributed by atoms with van der Waals surface area (Å²) in [5.41, 5.74) is 20.6. The molecular weight excluding hydrogens is 388 g/mol. The van der Waals surface area contributed by atoms with Crippen LogP contribution in [0.3, 0.4) is 0 Å². The third-order valence-electron chi connectivity index (χ3n) is 5.01. The lowest BCUT2D eigenvalue weighted by atomic mass is 10.0. The standard InChI is InChI=1S/C23H22N8/c24-11-16-2-1-3-19(8-16)18-6-4-15(5-7-18)13-31-14-17(12-28-31)9-20-10-21(25)29-23(30-27)22(20)26/h1-8,10,12,14H,9,13,26-27H2,(H3,25,29,30). The smallest absolute Gasteiger partial charge is 0.165 e. The van der Waals surface area contributed by atoms with Crippen molar-refractivity contribution in [1.82, 2.24) is 14.8 Å². The van der Waals surface area contributed by atoms with E-state index in [1.54, 1.807) is 12.1 Å². The molecule has 2 heterocycles. The Morgan fingerprint density at radius 2 is 1.81 bits per heavy atom. The number of pyridine rings is 1. The number of hydrazine groups is 1. The molecule has 0 spiro atoms. The van der Waals surface area contributed by atoms with E-state index >= 15 is 0 Å². The molecule has 0 fully saturated rings. The molecule has 8 heteroatoms. The molecule has 0 aliphatic rings. The Hall–Kier alpha value is -4.35. The van der Waals surface area contributed by atoms with Gasteiger partial charge in [0, 0.05) is 12.6 Å². The van der Waals surface area contributed by atoms with E-state index in [0.29, 0.717) is 35.9 Å². The van der Waals surface area contributed by atoms with Crippen LogP contribution in [-0.2, 0) is 13.0 Å². The van der Waals surface area contributed by atoms with Gasteiger partial charge in [0.05, 0.1) is 30.1 Å². The Bertz CT molecular complexity index is 1250. The van der Waals surface area contributed by atoms with Gasteiger partial charge in [0.1, 0.15) is 5.82 Å². The van der Waals surface area contributed by atoms with Crippen molar-refractivity contribution in [3.63, 3.8) is 0 Å². The van der Waals surface area contributed by atoms with Crippen LogP contribution >= 0.6 is 0 Å². The molecule has 0 radical (unpaired) electrons. The Morgan fingerprint density at radius 1 is 1.00 bits per heavy atom. The van der Waals surface area contributed by atoms with Gasteiger partial charge >= 0.3 is 0 Å². The van der Waals surface area contributed by atoms with Gasteiger partial charge in [0.15, 0.2) is 5.82 Å². The van der Waals surface area contributed by atoms with Gasteiger partial charge in [0.25, 0.3) is 0 Å². The number of nitrogen functional groups attached to an aromatic ring is 3. The van der Waals surface area contributed by atoms with Crippen LogP contribution < -0.4 is 22.7 Å². The second-order valence-corrected chi connectivity index (χ2v) is 7.23. The molecule has 0 unspecified atom stereocenters. The molecule has 0 saturated heterocycles. The molecule has 0 saturated carbocycles. The van der Waals surface area contributed by atoms with Crippen LogP contribution in [0.15, 0.2) is 67.0 Å². The minimum atomic E-state index is 0.352. The van der Waals surface area contributed by atoms with E-state index in [9.17, 15) is 0 Å². The van der Waals surface area contributed by atoms with E-state index in [4.69, 9.17) is 22.6 Å². The molecule has 7 N–H and O–H groups in total. The van der Waals surface area contributed by atoms with Crippen molar-refractivity contribution in [2.75, 3.05) is 16.9 Å². The summed E-state index contributed by atoms with van der Waals surface area (Å²) < 4.78 is 1.88. The zero-order valence-electron chi connectivity index (χ0n) is 16.8. The van der Waals surface area contributed by atoms with Crippen LogP contribution in [0.1, 0.15) is 22.3 Å². The number of nitrogens with one attached hydrogen (secondary N) is 1. The minimum absolute atomic E-state index is 0.352. The van der Waals surface area contributed by atoms with Crippen molar-refractivity contribution in [2.45, 2.75) is 13.0 Å². The van der Waals surface area contributed by atoms with Crippen LogP contribution in [-0.4, -0.2) is 14.8 Å². The number of nitrogens with zero attached hydrogens (tertiary/aromatic N) is 4. The Labute approximate surface area is 179 Å². The fraction of sp³-hybridized carbons (Fsp3) is 0.0870. The normalized spacial score (nSPS) is 10.6. The molecule has 0 aliphatic heterocycles. The van der Waals surface area contributed by atoms with Crippen LogP contribution in [0.25, 0.3) is 11.1 Å². The third kappa shape index (κ3) is 4.47. The van der Waals surface area contributed by atoms with Crippen molar-refractivity contribution in [3.05, 3.63) is 89.2 Å². The molecule has 0 atom stereocenters. The highest BCUT2D eigenvalue weighted by molar-refractivity contribution is 5.69. The predicted molar refractivity (Wildman–Crippen MR) is 122 cm³/mol. The van der Waals surface area contributed by atoms with Crippen LogP contribution in [0, 0.1) is 11.3 Å². The first-order valence-electron chi connectivity index (χ1n) is 9.68. The van der Waals surface area contributed by atoms with E-state index in [1.165, 1.54) is 0 Å². The van der Waals surface area contributed by atoms with E-state index in [-0.39, 0.29) is 0 Å². The van der Waals surface area contributed by atoms with Crippen molar-refractivity contribution >= 4 is 17.3 Å². The lowest BCUT2D eigenvalue weighted by molar-refractivity contribution is 0.686. The van der Waals surface area contributed by atoms with Crippen LogP contribution in [0.2, 0.25) is 0 Å². The summed E-state index contributed by atoms with van der Waals surface area (Å²) in [5.74, 6) is 6.17. The van der Waals surface area contributed by atoms with Gasteiger partial charge in [-0.15, -0.1) is 0 Å². The maximum atomic E-state index is 9.08. The van der Waals surface area contributed by atoms with Gasteiger partial charge in [-0.1, -0.05) is 36.4 Å². The fourth-order valence-electron chi connectivity index (χ4n) is 3.45. The number of benzene rings is 2. The second kappa shape index (κ2) is 8.57. The van der Waals surface area contributed by atoms with E-state index in [2.05, 4.69) is 45.8 Å². The summed E-state index contributed by atoms with van der Waals surface area (Å²) in [6, 6.07) is 19.7. The van der Waals surface area contributed by atoms with E-state index < -0.39 is 0 Å². The number of anilines is 3. The van der Waals surface area contributed by atoms with Gasteiger partial charge in [-0.3, -0.25) is 4.68 Å². The third-order valence-corrected chi connectivity index (χ3v) is 5.01. The quantitative estimate of drug-likeness (QED) is 0.282. The summed E-state index contributed by atoms with van der Waals surface area (Å²) in [6.45, 7) is 0.641. The summed E-state index contributed by atoms with van der Waals surface area (Å²) in [5, 5.41) is 13.5. The number of aromatic nitrogens is 3. The van der Waals surface area contributed by atoms with Crippen molar-refractivity contribution in [2.24, 2.45) is 5.84 Å². The van der Waals surface area contributed by atoms with Gasteiger partial charge < -0.3 is 16.9 Å². The van der Waals surface area contributed by atoms with Crippen LogP contribution in [0.5, 0.6) is 0 Å². The van der Waals surface area contributed by atoms with Crippen molar-refractivity contribution in [3.8, 4) is 17.2 Å². The summed E-state index contributed by atoms with van der Waals surface area (Å²) in [6.07, 6.45) is 4.37. The van der Waals surface area contributed by atoms with E-state index in [1.807, 2.05) is 35.3 Å². The second-order valence-electron chi connectivity index (χ2n) is 7.23. The Morgan fingerprint density at radius 3 is 2.55 bits per heavy atom. The maximum Gasteiger partial charge on any atom is 0.165 e. The predicted octanol–water partition coefficient (Wildman–Crippen LogP) is 2.91. The van der Waals surface area contributed by atoms with Crippen molar-refractivity contribution in [1.29, 1.82) is 5.26 Å². The molecule has 2 aromatic heterocycles. The molecule has 0 aliphatic carbocycles. The fourth-order valence-corrected chi connectivity index (χ4v) is 3.45. The lowest BCUT2D eigenvalue weighted by Gasteiger charge is -2.10.